The summed E-state index contributed by atoms with van der Waals surface area (Å²) in [6.07, 6.45) is -3.52. The number of halogens is 3. The fourth-order valence-corrected chi connectivity index (χ4v) is 4.86. The lowest BCUT2D eigenvalue weighted by Crippen LogP contribution is -2.45. The van der Waals surface area contributed by atoms with Crippen molar-refractivity contribution >= 4 is 12.0 Å². The molecule has 7 nitrogen and oxygen atoms in total. The van der Waals surface area contributed by atoms with Gasteiger partial charge in [-0.05, 0) is 61.4 Å². The molecule has 2 unspecified atom stereocenters. The van der Waals surface area contributed by atoms with Crippen molar-refractivity contribution in [1.82, 2.24) is 9.80 Å². The second-order valence-corrected chi connectivity index (χ2v) is 10.4. The predicted octanol–water partition coefficient (Wildman–Crippen LogP) is 6.35. The average Bonchev–Trinajstić information content (AvgIpc) is 3.22. The summed E-state index contributed by atoms with van der Waals surface area (Å²) in [6, 6.07) is 21.1. The quantitative estimate of drug-likeness (QED) is 0.232. The smallest absolute Gasteiger partial charge is 0.416 e. The number of hydrogen-bond donors (Lipinski definition) is 0. The van der Waals surface area contributed by atoms with Crippen molar-refractivity contribution in [3.05, 3.63) is 95.6 Å². The van der Waals surface area contributed by atoms with Gasteiger partial charge in [-0.15, -0.1) is 0 Å². The van der Waals surface area contributed by atoms with Gasteiger partial charge in [0.05, 0.1) is 24.8 Å². The van der Waals surface area contributed by atoms with Crippen molar-refractivity contribution in [1.29, 1.82) is 0 Å². The Morgan fingerprint density at radius 1 is 0.929 bits per heavy atom. The fraction of sp³-hybridized carbons (Fsp3) is 0.375. The molecule has 2 amide bonds. The van der Waals surface area contributed by atoms with Crippen molar-refractivity contribution in [2.24, 2.45) is 0 Å². The van der Waals surface area contributed by atoms with Gasteiger partial charge in [-0.2, -0.15) is 13.2 Å². The zero-order valence-electron chi connectivity index (χ0n) is 23.9. The van der Waals surface area contributed by atoms with E-state index in [1.54, 1.807) is 42.8 Å². The van der Waals surface area contributed by atoms with Crippen LogP contribution < -0.4 is 9.47 Å². The van der Waals surface area contributed by atoms with E-state index in [-0.39, 0.29) is 25.2 Å². The van der Waals surface area contributed by atoms with Crippen LogP contribution >= 0.6 is 0 Å². The van der Waals surface area contributed by atoms with Crippen molar-refractivity contribution in [3.63, 3.8) is 0 Å². The SMILES string of the molecule is CCOC(=O)C(C)(Cc1ccc(OCCC2CN(Cc3ccc(C(F)(F)F)cc3)C(=O)N2C)cc1)Oc1ccccc1. The number of esters is 1. The molecule has 0 bridgehead atoms. The lowest BCUT2D eigenvalue weighted by atomic mass is 9.96. The number of rotatable bonds is 12. The lowest BCUT2D eigenvalue weighted by molar-refractivity contribution is -0.160. The van der Waals surface area contributed by atoms with Gasteiger partial charge in [0.15, 0.2) is 0 Å². The highest BCUT2D eigenvalue weighted by Gasteiger charge is 2.38. The Kier molecular flexibility index (Phi) is 9.65. The summed E-state index contributed by atoms with van der Waals surface area (Å²) in [5, 5.41) is 0. The van der Waals surface area contributed by atoms with E-state index >= 15 is 0 Å². The molecule has 0 saturated carbocycles. The Morgan fingerprint density at radius 2 is 1.57 bits per heavy atom. The topological polar surface area (TPSA) is 68.3 Å². The summed E-state index contributed by atoms with van der Waals surface area (Å²) in [4.78, 5) is 28.8. The molecule has 1 fully saturated rings. The van der Waals surface area contributed by atoms with Crippen LogP contribution in [0, 0.1) is 0 Å². The summed E-state index contributed by atoms with van der Waals surface area (Å²) in [5.41, 5.74) is -0.428. The molecule has 2 atom stereocenters. The number of hydrogen-bond acceptors (Lipinski definition) is 5. The average molecular weight is 585 g/mol. The van der Waals surface area contributed by atoms with E-state index in [1.807, 2.05) is 42.5 Å². The monoisotopic (exact) mass is 584 g/mol. The third kappa shape index (κ3) is 7.74. The van der Waals surface area contributed by atoms with Gasteiger partial charge in [0.25, 0.3) is 0 Å². The van der Waals surface area contributed by atoms with Crippen LogP contribution in [0.15, 0.2) is 78.9 Å². The molecule has 1 saturated heterocycles. The number of alkyl halides is 3. The molecule has 0 N–H and O–H groups in total. The summed E-state index contributed by atoms with van der Waals surface area (Å²) < 4.78 is 55.8. The van der Waals surface area contributed by atoms with Crippen LogP contribution in [-0.4, -0.2) is 60.2 Å². The Bertz CT molecular complexity index is 1330. The van der Waals surface area contributed by atoms with Crippen molar-refractivity contribution < 1.29 is 37.0 Å². The summed E-state index contributed by atoms with van der Waals surface area (Å²) in [6.45, 7) is 4.76. The summed E-state index contributed by atoms with van der Waals surface area (Å²) in [7, 11) is 1.71. The molecule has 0 radical (unpaired) electrons. The van der Waals surface area contributed by atoms with Gasteiger partial charge in [0, 0.05) is 33.0 Å². The molecule has 3 aromatic rings. The Balaban J connectivity index is 1.29. The lowest BCUT2D eigenvalue weighted by Gasteiger charge is -2.28. The summed E-state index contributed by atoms with van der Waals surface area (Å²) >= 11 is 0. The van der Waals surface area contributed by atoms with Crippen LogP contribution in [0.5, 0.6) is 11.5 Å². The molecule has 0 spiro atoms. The van der Waals surface area contributed by atoms with Crippen LogP contribution in [0.2, 0.25) is 0 Å². The minimum Gasteiger partial charge on any atom is -0.494 e. The van der Waals surface area contributed by atoms with Gasteiger partial charge in [-0.1, -0.05) is 42.5 Å². The summed E-state index contributed by atoms with van der Waals surface area (Å²) in [5.74, 6) is 0.771. The maximum atomic E-state index is 12.8. The van der Waals surface area contributed by atoms with Crippen LogP contribution in [0.3, 0.4) is 0 Å². The molecule has 42 heavy (non-hydrogen) atoms. The molecule has 1 heterocycles. The Hall–Kier alpha value is -4.21. The highest BCUT2D eigenvalue weighted by molar-refractivity contribution is 5.80. The first kappa shape index (κ1) is 30.7. The van der Waals surface area contributed by atoms with E-state index in [2.05, 4.69) is 0 Å². The van der Waals surface area contributed by atoms with E-state index in [0.29, 0.717) is 43.1 Å². The minimum atomic E-state index is -4.40. The van der Waals surface area contributed by atoms with Gasteiger partial charge >= 0.3 is 18.2 Å². The highest BCUT2D eigenvalue weighted by Crippen LogP contribution is 2.30. The third-order valence-corrected chi connectivity index (χ3v) is 7.18. The van der Waals surface area contributed by atoms with E-state index in [9.17, 15) is 22.8 Å². The molecule has 224 valence electrons. The Labute approximate surface area is 243 Å². The molecular weight excluding hydrogens is 549 g/mol. The van der Waals surface area contributed by atoms with E-state index in [4.69, 9.17) is 14.2 Å². The number of likely N-dealkylation sites (N-methyl/N-ethyl adjacent to an activating group) is 1. The first-order valence-electron chi connectivity index (χ1n) is 13.8. The molecule has 1 aliphatic heterocycles. The standard InChI is InChI=1S/C32H35F3N2O5/c1-4-40-29(38)31(2,42-28-8-6-5-7-9-28)20-23-12-16-27(17-13-23)41-19-18-26-22-37(30(39)36(26)3)21-24-10-14-25(15-11-24)32(33,34)35/h5-17,26H,4,18-22H2,1-3H3. The number of ether oxygens (including phenoxy) is 3. The van der Waals surface area contributed by atoms with E-state index < -0.39 is 23.3 Å². The number of carbonyl (C=O) groups is 2. The molecule has 3 aromatic carbocycles. The zero-order valence-corrected chi connectivity index (χ0v) is 23.9. The number of amides is 2. The van der Waals surface area contributed by atoms with Crippen molar-refractivity contribution in [3.8, 4) is 11.5 Å². The van der Waals surface area contributed by atoms with Gasteiger partial charge in [-0.25, -0.2) is 9.59 Å². The molecule has 1 aliphatic rings. The first-order chi connectivity index (χ1) is 20.0. The number of nitrogens with zero attached hydrogens (tertiary/aromatic N) is 2. The van der Waals surface area contributed by atoms with Crippen LogP contribution in [0.1, 0.15) is 37.0 Å². The second kappa shape index (κ2) is 13.2. The highest BCUT2D eigenvalue weighted by atomic mass is 19.4. The number of urea groups is 1. The number of benzene rings is 3. The van der Waals surface area contributed by atoms with Crippen molar-refractivity contribution in [2.75, 3.05) is 26.8 Å². The maximum Gasteiger partial charge on any atom is 0.416 e. The van der Waals surface area contributed by atoms with Crippen LogP contribution in [0.25, 0.3) is 0 Å². The normalized spacial score (nSPS) is 16.7. The van der Waals surface area contributed by atoms with Gasteiger partial charge < -0.3 is 24.0 Å². The zero-order chi connectivity index (χ0) is 30.3. The van der Waals surface area contributed by atoms with E-state index in [1.165, 1.54) is 12.1 Å². The fourth-order valence-electron chi connectivity index (χ4n) is 4.86. The molecule has 0 aliphatic carbocycles. The van der Waals surface area contributed by atoms with Crippen LogP contribution in [0.4, 0.5) is 18.0 Å². The minimum absolute atomic E-state index is 0.0911. The van der Waals surface area contributed by atoms with Gasteiger partial charge in [0.1, 0.15) is 11.5 Å². The van der Waals surface area contributed by atoms with Crippen LogP contribution in [-0.2, 0) is 28.7 Å². The molecule has 10 heteroatoms. The molecule has 4 rings (SSSR count). The third-order valence-electron chi connectivity index (χ3n) is 7.18. The molecular formula is C32H35F3N2O5. The number of carbonyl (C=O) groups excluding carboxylic acids is 2. The van der Waals surface area contributed by atoms with Gasteiger partial charge in [-0.3, -0.25) is 0 Å². The predicted molar refractivity (Wildman–Crippen MR) is 151 cm³/mol. The van der Waals surface area contributed by atoms with Gasteiger partial charge in [0.2, 0.25) is 5.60 Å². The largest absolute Gasteiger partial charge is 0.494 e. The van der Waals surface area contributed by atoms with Crippen molar-refractivity contribution in [2.45, 2.75) is 51.1 Å². The maximum absolute atomic E-state index is 12.8. The Morgan fingerprint density at radius 3 is 2.19 bits per heavy atom. The van der Waals surface area contributed by atoms with E-state index in [0.717, 1.165) is 17.7 Å². The molecule has 0 aromatic heterocycles. The second-order valence-electron chi connectivity index (χ2n) is 10.4. The first-order valence-corrected chi connectivity index (χ1v) is 13.8. The number of para-hydroxylation sites is 1.